The highest BCUT2D eigenvalue weighted by Gasteiger charge is 2.35. The molecule has 3 aliphatic rings. The number of amides is 1. The maximum Gasteiger partial charge on any atom is 0.277 e. The summed E-state index contributed by atoms with van der Waals surface area (Å²) in [6.07, 6.45) is 4.37. The molecule has 0 fully saturated rings. The van der Waals surface area contributed by atoms with Gasteiger partial charge in [0.2, 0.25) is 5.88 Å². The van der Waals surface area contributed by atoms with Gasteiger partial charge in [-0.25, -0.2) is 23.2 Å². The standard InChI is InChI=1S/C20H24FN5O3S/c1-10-6-7-13-14(10)16(12-5-2-4-11(12)15(13)21)24-19(27)17-18(30(22,23)28)20-26(25-17)8-3-9-29-20/h10H,2-9H2,1H3,(H,24,27)(H3,22,23,28)/t10-/m0/s1. The molecule has 0 saturated carbocycles. The van der Waals surface area contributed by atoms with Crippen molar-refractivity contribution in [3.05, 3.63) is 33.8 Å². The quantitative estimate of drug-likeness (QED) is 0.689. The van der Waals surface area contributed by atoms with E-state index in [0.717, 1.165) is 24.0 Å². The van der Waals surface area contributed by atoms with E-state index >= 15 is 4.39 Å². The molecule has 0 saturated heterocycles. The maximum atomic E-state index is 15.0. The molecular formula is C20H24FN5O3S. The number of fused-ring (bicyclic) bond motifs is 3. The largest absolute Gasteiger partial charge is 0.477 e. The number of nitrogens with zero attached hydrogens (tertiary/aromatic N) is 2. The number of anilines is 1. The van der Waals surface area contributed by atoms with Gasteiger partial charge in [-0.05, 0) is 60.3 Å². The van der Waals surface area contributed by atoms with Crippen LogP contribution in [0.1, 0.15) is 64.8 Å². The highest BCUT2D eigenvalue weighted by molar-refractivity contribution is 7.90. The summed E-state index contributed by atoms with van der Waals surface area (Å²) in [5, 5.41) is 12.8. The van der Waals surface area contributed by atoms with Crippen LogP contribution >= 0.6 is 0 Å². The van der Waals surface area contributed by atoms with Crippen molar-refractivity contribution in [3.8, 4) is 5.88 Å². The van der Waals surface area contributed by atoms with Gasteiger partial charge >= 0.3 is 0 Å². The molecule has 1 aliphatic heterocycles. The average molecular weight is 434 g/mol. The van der Waals surface area contributed by atoms with E-state index in [1.165, 1.54) is 4.68 Å². The van der Waals surface area contributed by atoms with Crippen LogP contribution in [0, 0.1) is 10.6 Å². The van der Waals surface area contributed by atoms with E-state index in [0.29, 0.717) is 55.6 Å². The van der Waals surface area contributed by atoms with Crippen LogP contribution in [0.5, 0.6) is 5.88 Å². The summed E-state index contributed by atoms with van der Waals surface area (Å²) >= 11 is 0. The normalized spacial score (nSPS) is 21.4. The number of hydrogen-bond donors (Lipinski definition) is 3. The molecule has 0 radical (unpaired) electrons. The van der Waals surface area contributed by atoms with Crippen molar-refractivity contribution in [3.63, 3.8) is 0 Å². The number of benzene rings is 1. The van der Waals surface area contributed by atoms with Crippen molar-refractivity contribution in [2.45, 2.75) is 62.8 Å². The Bertz CT molecular complexity index is 1190. The molecule has 10 heteroatoms. The maximum absolute atomic E-state index is 15.0. The zero-order valence-corrected chi connectivity index (χ0v) is 17.5. The minimum Gasteiger partial charge on any atom is -0.477 e. The third kappa shape index (κ3) is 2.84. The summed E-state index contributed by atoms with van der Waals surface area (Å²) in [5.74, 6) is -0.467. The Balaban J connectivity index is 1.63. The molecule has 2 heterocycles. The highest BCUT2D eigenvalue weighted by Crippen LogP contribution is 2.46. The first-order valence-electron chi connectivity index (χ1n) is 10.2. The van der Waals surface area contributed by atoms with Crippen LogP contribution in [0.25, 0.3) is 0 Å². The average Bonchev–Trinajstić information content (AvgIpc) is 3.41. The first-order chi connectivity index (χ1) is 14.3. The van der Waals surface area contributed by atoms with Crippen molar-refractivity contribution in [1.29, 1.82) is 4.78 Å². The number of hydrogen-bond acceptors (Lipinski definition) is 5. The smallest absolute Gasteiger partial charge is 0.277 e. The third-order valence-electron chi connectivity index (χ3n) is 6.34. The molecule has 2 aliphatic carbocycles. The molecule has 160 valence electrons. The molecule has 30 heavy (non-hydrogen) atoms. The fourth-order valence-electron chi connectivity index (χ4n) is 5.01. The topological polar surface area (TPSA) is 123 Å². The summed E-state index contributed by atoms with van der Waals surface area (Å²) in [6, 6.07) is 0. The fraction of sp³-hybridized carbons (Fsp3) is 0.500. The third-order valence-corrected chi connectivity index (χ3v) is 7.31. The van der Waals surface area contributed by atoms with Gasteiger partial charge in [0, 0.05) is 18.7 Å². The lowest BCUT2D eigenvalue weighted by atomic mass is 9.94. The summed E-state index contributed by atoms with van der Waals surface area (Å²) in [5.41, 5.74) is 3.56. The predicted molar refractivity (Wildman–Crippen MR) is 109 cm³/mol. The summed E-state index contributed by atoms with van der Waals surface area (Å²) in [6.45, 7) is 2.91. The van der Waals surface area contributed by atoms with E-state index in [4.69, 9.17) is 14.7 Å². The van der Waals surface area contributed by atoms with Crippen LogP contribution < -0.4 is 15.2 Å². The molecule has 1 aromatic heterocycles. The van der Waals surface area contributed by atoms with Crippen LogP contribution in [0.4, 0.5) is 10.1 Å². The van der Waals surface area contributed by atoms with Crippen molar-refractivity contribution in [1.82, 2.24) is 9.78 Å². The predicted octanol–water partition coefficient (Wildman–Crippen LogP) is 2.87. The summed E-state index contributed by atoms with van der Waals surface area (Å²) in [4.78, 5) is 13.1. The van der Waals surface area contributed by atoms with Crippen molar-refractivity contribution < 1.29 is 18.1 Å². The Morgan fingerprint density at radius 2 is 2.07 bits per heavy atom. The number of carbonyl (C=O) groups is 1. The van der Waals surface area contributed by atoms with E-state index in [1.54, 1.807) is 0 Å². The Labute approximate surface area is 174 Å². The van der Waals surface area contributed by atoms with Gasteiger partial charge in [0.15, 0.2) is 10.6 Å². The Morgan fingerprint density at radius 1 is 1.30 bits per heavy atom. The van der Waals surface area contributed by atoms with Crippen LogP contribution in [-0.2, 0) is 35.7 Å². The number of rotatable bonds is 3. The second kappa shape index (κ2) is 6.78. The molecule has 5 rings (SSSR count). The van der Waals surface area contributed by atoms with Gasteiger partial charge in [0.25, 0.3) is 5.91 Å². The lowest BCUT2D eigenvalue weighted by Crippen LogP contribution is -2.21. The zero-order valence-electron chi connectivity index (χ0n) is 16.7. The minimum absolute atomic E-state index is 0.122. The van der Waals surface area contributed by atoms with Gasteiger partial charge in [-0.15, -0.1) is 0 Å². The molecule has 8 nitrogen and oxygen atoms in total. The lowest BCUT2D eigenvalue weighted by molar-refractivity contribution is 0.101. The fourth-order valence-corrected chi connectivity index (χ4v) is 5.86. The van der Waals surface area contributed by atoms with Crippen LogP contribution in [-0.4, -0.2) is 26.5 Å². The van der Waals surface area contributed by atoms with Crippen LogP contribution in [0.3, 0.4) is 0 Å². The first-order valence-corrected chi connectivity index (χ1v) is 11.9. The molecule has 2 atom stereocenters. The van der Waals surface area contributed by atoms with Gasteiger partial charge in [0.1, 0.15) is 15.7 Å². The molecule has 1 unspecified atom stereocenters. The molecule has 1 amide bonds. The lowest BCUT2D eigenvalue weighted by Gasteiger charge is -2.19. The Kier molecular flexibility index (Phi) is 4.41. The molecule has 4 N–H and O–H groups in total. The number of halogens is 1. The second-order valence-corrected chi connectivity index (χ2v) is 9.90. The Morgan fingerprint density at radius 3 is 2.83 bits per heavy atom. The van der Waals surface area contributed by atoms with Gasteiger partial charge in [-0.3, -0.25) is 4.79 Å². The van der Waals surface area contributed by atoms with Gasteiger partial charge in [0.05, 0.1) is 6.61 Å². The van der Waals surface area contributed by atoms with E-state index in [1.807, 2.05) is 6.92 Å². The minimum atomic E-state index is -3.74. The number of ether oxygens (including phenoxy) is 1. The van der Waals surface area contributed by atoms with E-state index < -0.39 is 15.8 Å². The van der Waals surface area contributed by atoms with Crippen LogP contribution in [0.2, 0.25) is 0 Å². The van der Waals surface area contributed by atoms with Crippen molar-refractivity contribution in [2.24, 2.45) is 5.14 Å². The first kappa shape index (κ1) is 19.5. The number of aromatic nitrogens is 2. The zero-order chi connectivity index (χ0) is 21.2. The SMILES string of the molecule is C[C@H]1CCc2c(F)c3c(c(NC(=O)c4nn5c(c4S(=N)(N)=O)OCCC5)c21)CCC3. The monoisotopic (exact) mass is 433 g/mol. The van der Waals surface area contributed by atoms with Gasteiger partial charge in [-0.2, -0.15) is 5.10 Å². The Hall–Kier alpha value is -2.46. The second-order valence-electron chi connectivity index (χ2n) is 8.29. The van der Waals surface area contributed by atoms with Crippen LogP contribution in [0.15, 0.2) is 4.90 Å². The number of nitrogens with two attached hydrogens (primary N) is 1. The van der Waals surface area contributed by atoms with E-state index in [-0.39, 0.29) is 28.2 Å². The number of nitrogens with one attached hydrogen (secondary N) is 2. The van der Waals surface area contributed by atoms with Gasteiger partial charge < -0.3 is 10.1 Å². The van der Waals surface area contributed by atoms with Crippen molar-refractivity contribution >= 4 is 21.5 Å². The highest BCUT2D eigenvalue weighted by atomic mass is 32.2. The van der Waals surface area contributed by atoms with E-state index in [2.05, 4.69) is 10.4 Å². The van der Waals surface area contributed by atoms with Crippen molar-refractivity contribution in [2.75, 3.05) is 11.9 Å². The molecule has 1 aromatic carbocycles. The molecule has 2 aromatic rings. The van der Waals surface area contributed by atoms with Gasteiger partial charge in [-0.1, -0.05) is 6.92 Å². The summed E-state index contributed by atoms with van der Waals surface area (Å²) < 4.78 is 42.4. The molecule has 0 spiro atoms. The van der Waals surface area contributed by atoms with E-state index in [9.17, 15) is 9.00 Å². The number of aryl methyl sites for hydroxylation is 1. The molecular weight excluding hydrogens is 409 g/mol. The molecule has 0 bridgehead atoms. The summed E-state index contributed by atoms with van der Waals surface area (Å²) in [7, 11) is -3.74. The number of carbonyl (C=O) groups excluding carboxylic acids is 1.